The largest absolute Gasteiger partial charge is 0.496 e. The maximum absolute atomic E-state index is 12.1. The van der Waals surface area contributed by atoms with Gasteiger partial charge in [-0.25, -0.2) is 0 Å². The van der Waals surface area contributed by atoms with E-state index in [0.29, 0.717) is 30.3 Å². The van der Waals surface area contributed by atoms with Gasteiger partial charge in [0.05, 0.1) is 12.7 Å². The minimum atomic E-state index is -0.310. The Hall–Kier alpha value is -3.95. The van der Waals surface area contributed by atoms with Gasteiger partial charge in [-0.05, 0) is 44.0 Å². The number of hydrogen-bond donors (Lipinski definition) is 3. The molecule has 31 heavy (non-hydrogen) atoms. The topological polar surface area (TPSA) is 147 Å². The Morgan fingerprint density at radius 2 is 2.03 bits per heavy atom. The molecule has 10 heteroatoms. The van der Waals surface area contributed by atoms with Crippen LogP contribution in [0.4, 0.5) is 5.69 Å². The number of carbonyl (C=O) groups is 2. The van der Waals surface area contributed by atoms with Crippen molar-refractivity contribution in [3.05, 3.63) is 57.8 Å². The number of benzene rings is 1. The van der Waals surface area contributed by atoms with Gasteiger partial charge in [-0.2, -0.15) is 4.98 Å². The average Bonchev–Trinajstić information content (AvgIpc) is 3.21. The lowest BCUT2D eigenvalue weighted by Crippen LogP contribution is -2.20. The molecule has 1 aromatic carbocycles. The molecule has 164 valence electrons. The standard InChI is InChI=1S/C20H22N4O4.CH2O2/c1-12-11-15(20(26)21-13(12)2)22-17(25)9-6-10-18-23-19(24-28-18)14-7-4-5-8-16(14)27-3;2-1-3/h4-5,7-8,11H,6,9-10H2,1-3H3,(H,21,26)(H,22,25);1H,(H,2,3). The molecule has 0 atom stereocenters. The number of aromatic nitrogens is 3. The molecule has 0 radical (unpaired) electrons. The Bertz CT molecular complexity index is 1090. The Balaban J connectivity index is 0.00000107. The number of nitrogens with one attached hydrogen (secondary N) is 2. The number of aromatic amines is 1. The normalized spacial score (nSPS) is 10.0. The number of nitrogens with zero attached hydrogens (tertiary/aromatic N) is 2. The number of ether oxygens (including phenoxy) is 1. The molecular formula is C21H24N4O6. The fraction of sp³-hybridized carbons (Fsp3) is 0.286. The number of hydrogen-bond acceptors (Lipinski definition) is 7. The van der Waals surface area contributed by atoms with E-state index in [-0.39, 0.29) is 30.0 Å². The van der Waals surface area contributed by atoms with Crippen LogP contribution in [0.2, 0.25) is 0 Å². The van der Waals surface area contributed by atoms with Crippen molar-refractivity contribution in [3.8, 4) is 17.1 Å². The number of methoxy groups -OCH3 is 1. The van der Waals surface area contributed by atoms with Gasteiger partial charge in [0.1, 0.15) is 11.4 Å². The van der Waals surface area contributed by atoms with Crippen LogP contribution in [0.3, 0.4) is 0 Å². The van der Waals surface area contributed by atoms with Gasteiger partial charge in [0.15, 0.2) is 0 Å². The number of carboxylic acid groups (broad SMARTS) is 1. The van der Waals surface area contributed by atoms with E-state index in [1.54, 1.807) is 13.2 Å². The number of H-pyrrole nitrogens is 1. The molecule has 2 heterocycles. The summed E-state index contributed by atoms with van der Waals surface area (Å²) >= 11 is 0. The first-order valence-corrected chi connectivity index (χ1v) is 9.43. The predicted octanol–water partition coefficient (Wildman–Crippen LogP) is 2.71. The summed E-state index contributed by atoms with van der Waals surface area (Å²) in [6.07, 6.45) is 1.21. The van der Waals surface area contributed by atoms with Gasteiger partial charge in [-0.1, -0.05) is 17.3 Å². The van der Waals surface area contributed by atoms with Crippen molar-refractivity contribution in [1.29, 1.82) is 0 Å². The average molecular weight is 428 g/mol. The van der Waals surface area contributed by atoms with Gasteiger partial charge >= 0.3 is 0 Å². The summed E-state index contributed by atoms with van der Waals surface area (Å²) in [4.78, 5) is 39.4. The highest BCUT2D eigenvalue weighted by Gasteiger charge is 2.13. The Kier molecular flexibility index (Phi) is 8.50. The fourth-order valence-corrected chi connectivity index (χ4v) is 2.73. The third kappa shape index (κ3) is 6.53. The zero-order chi connectivity index (χ0) is 22.8. The summed E-state index contributed by atoms with van der Waals surface area (Å²) in [5.74, 6) is 1.31. The molecule has 0 aliphatic heterocycles. The van der Waals surface area contributed by atoms with E-state index in [9.17, 15) is 9.59 Å². The van der Waals surface area contributed by atoms with E-state index < -0.39 is 0 Å². The molecule has 0 bridgehead atoms. The van der Waals surface area contributed by atoms with Crippen LogP contribution in [0, 0.1) is 13.8 Å². The molecule has 3 N–H and O–H groups in total. The second kappa shape index (κ2) is 11.3. The van der Waals surface area contributed by atoms with Crippen molar-refractivity contribution in [2.75, 3.05) is 12.4 Å². The summed E-state index contributed by atoms with van der Waals surface area (Å²) in [5, 5.41) is 13.5. The Morgan fingerprint density at radius 1 is 1.32 bits per heavy atom. The first-order chi connectivity index (χ1) is 14.9. The first kappa shape index (κ1) is 23.3. The van der Waals surface area contributed by atoms with Crippen molar-refractivity contribution in [3.63, 3.8) is 0 Å². The molecule has 3 rings (SSSR count). The highest BCUT2D eigenvalue weighted by Crippen LogP contribution is 2.27. The number of amides is 1. The number of anilines is 1. The Labute approximate surface area is 178 Å². The van der Waals surface area contributed by atoms with E-state index in [4.69, 9.17) is 19.2 Å². The molecule has 3 aromatic rings. The van der Waals surface area contributed by atoms with Gasteiger partial charge in [-0.15, -0.1) is 0 Å². The summed E-state index contributed by atoms with van der Waals surface area (Å²) in [6.45, 7) is 3.43. The fourth-order valence-electron chi connectivity index (χ4n) is 2.73. The van der Waals surface area contributed by atoms with Gasteiger partial charge in [0.25, 0.3) is 12.0 Å². The van der Waals surface area contributed by atoms with Crippen molar-refractivity contribution >= 4 is 18.1 Å². The molecule has 1 amide bonds. The summed E-state index contributed by atoms with van der Waals surface area (Å²) in [5.41, 5.74) is 2.38. The van der Waals surface area contributed by atoms with Crippen LogP contribution >= 0.6 is 0 Å². The number of aryl methyl sites for hydroxylation is 3. The second-order valence-electron chi connectivity index (χ2n) is 6.54. The molecule has 2 aromatic heterocycles. The van der Waals surface area contributed by atoms with E-state index in [2.05, 4.69) is 20.4 Å². The highest BCUT2D eigenvalue weighted by molar-refractivity contribution is 5.90. The first-order valence-electron chi connectivity index (χ1n) is 9.43. The predicted molar refractivity (Wildman–Crippen MR) is 113 cm³/mol. The zero-order valence-electron chi connectivity index (χ0n) is 17.5. The SMILES string of the molecule is COc1ccccc1-c1noc(CCCC(=O)Nc2cc(C)c(C)[nH]c2=O)n1.O=CO. The van der Waals surface area contributed by atoms with Crippen LogP contribution in [0.5, 0.6) is 5.75 Å². The van der Waals surface area contributed by atoms with Crippen LogP contribution in [-0.2, 0) is 16.0 Å². The lowest BCUT2D eigenvalue weighted by molar-refractivity contribution is -0.123. The number of para-hydroxylation sites is 1. The quantitative estimate of drug-likeness (QED) is 0.487. The van der Waals surface area contributed by atoms with Crippen molar-refractivity contribution < 1.29 is 24.0 Å². The number of pyridine rings is 1. The number of carbonyl (C=O) groups excluding carboxylic acids is 1. The van der Waals surface area contributed by atoms with E-state index in [1.165, 1.54) is 0 Å². The minimum absolute atomic E-state index is 0.235. The van der Waals surface area contributed by atoms with E-state index in [1.807, 2.05) is 38.1 Å². The van der Waals surface area contributed by atoms with Crippen molar-refractivity contribution in [2.24, 2.45) is 0 Å². The third-order valence-corrected chi connectivity index (χ3v) is 4.38. The van der Waals surface area contributed by atoms with Crippen molar-refractivity contribution in [2.45, 2.75) is 33.1 Å². The summed E-state index contributed by atoms with van der Waals surface area (Å²) in [7, 11) is 1.58. The molecule has 0 saturated heterocycles. The van der Waals surface area contributed by atoms with Crippen LogP contribution in [0.25, 0.3) is 11.4 Å². The lowest BCUT2D eigenvalue weighted by atomic mass is 10.2. The van der Waals surface area contributed by atoms with Gasteiger partial charge in [-0.3, -0.25) is 14.4 Å². The van der Waals surface area contributed by atoms with Crippen molar-refractivity contribution in [1.82, 2.24) is 15.1 Å². The molecule has 0 spiro atoms. The maximum atomic E-state index is 12.1. The lowest BCUT2D eigenvalue weighted by Gasteiger charge is -2.06. The van der Waals surface area contributed by atoms with Gasteiger partial charge < -0.3 is 24.7 Å². The monoisotopic (exact) mass is 428 g/mol. The summed E-state index contributed by atoms with van der Waals surface area (Å²) < 4.78 is 10.6. The van der Waals surface area contributed by atoms with Crippen LogP contribution in [0.1, 0.15) is 30.0 Å². The third-order valence-electron chi connectivity index (χ3n) is 4.38. The molecule has 0 aliphatic rings. The molecule has 0 fully saturated rings. The smallest absolute Gasteiger partial charge is 0.290 e. The van der Waals surface area contributed by atoms with E-state index in [0.717, 1.165) is 16.8 Å². The van der Waals surface area contributed by atoms with Crippen LogP contribution < -0.4 is 15.6 Å². The van der Waals surface area contributed by atoms with Crippen LogP contribution in [0.15, 0.2) is 39.6 Å². The molecular weight excluding hydrogens is 404 g/mol. The van der Waals surface area contributed by atoms with E-state index >= 15 is 0 Å². The van der Waals surface area contributed by atoms with Crippen LogP contribution in [-0.4, -0.2) is 39.7 Å². The molecule has 0 aliphatic carbocycles. The molecule has 0 saturated carbocycles. The molecule has 0 unspecified atom stereocenters. The zero-order valence-corrected chi connectivity index (χ0v) is 17.5. The van der Waals surface area contributed by atoms with Gasteiger partial charge in [0, 0.05) is 18.5 Å². The maximum Gasteiger partial charge on any atom is 0.290 e. The summed E-state index contributed by atoms with van der Waals surface area (Å²) in [6, 6.07) is 9.07. The minimum Gasteiger partial charge on any atom is -0.496 e. The second-order valence-corrected chi connectivity index (χ2v) is 6.54. The molecule has 10 nitrogen and oxygen atoms in total. The number of rotatable bonds is 7. The highest BCUT2D eigenvalue weighted by atomic mass is 16.5. The van der Waals surface area contributed by atoms with Gasteiger partial charge in [0.2, 0.25) is 17.6 Å². The Morgan fingerprint density at radius 3 is 2.74 bits per heavy atom.